The van der Waals surface area contributed by atoms with E-state index in [4.69, 9.17) is 4.74 Å². The van der Waals surface area contributed by atoms with Crippen molar-refractivity contribution in [1.82, 2.24) is 9.78 Å². The topological polar surface area (TPSA) is 27.1 Å². The summed E-state index contributed by atoms with van der Waals surface area (Å²) in [4.78, 5) is 0. The Morgan fingerprint density at radius 1 is 1.00 bits per heavy atom. The Hall–Kier alpha value is -3.14. The molecule has 1 aromatic heterocycles. The van der Waals surface area contributed by atoms with Crippen molar-refractivity contribution in [2.75, 3.05) is 0 Å². The summed E-state index contributed by atoms with van der Waals surface area (Å²) in [6.45, 7) is 0. The second-order valence-electron chi connectivity index (χ2n) is 5.08. The van der Waals surface area contributed by atoms with E-state index in [1.165, 1.54) is 12.1 Å². The van der Waals surface area contributed by atoms with E-state index in [1.54, 1.807) is 29.1 Å². The standard InChI is InChI=1S/C19H12FN2O/c20-15-6-8-16(9-7-15)22-19-11-10-18(12-14(19)13-21-22)23-17-4-2-1-3-5-17/h1-4,6-13H. The van der Waals surface area contributed by atoms with Crippen LogP contribution >= 0.6 is 0 Å². The Labute approximate surface area is 132 Å². The minimum atomic E-state index is -0.264. The van der Waals surface area contributed by atoms with Crippen LogP contribution in [0.15, 0.2) is 72.9 Å². The molecule has 0 fully saturated rings. The molecule has 0 bridgehead atoms. The fraction of sp³-hybridized carbons (Fsp3) is 0. The van der Waals surface area contributed by atoms with Gasteiger partial charge in [0.2, 0.25) is 0 Å². The van der Waals surface area contributed by atoms with E-state index in [2.05, 4.69) is 11.2 Å². The summed E-state index contributed by atoms with van der Waals surface area (Å²) in [5.41, 5.74) is 1.74. The van der Waals surface area contributed by atoms with E-state index >= 15 is 0 Å². The molecule has 0 aliphatic rings. The smallest absolute Gasteiger partial charge is 0.135 e. The quantitative estimate of drug-likeness (QED) is 0.546. The summed E-state index contributed by atoms with van der Waals surface area (Å²) in [5.74, 6) is 1.12. The van der Waals surface area contributed by atoms with E-state index in [0.717, 1.165) is 22.3 Å². The summed E-state index contributed by atoms with van der Waals surface area (Å²) in [6, 6.07) is 22.5. The fourth-order valence-corrected chi connectivity index (χ4v) is 2.43. The van der Waals surface area contributed by atoms with Gasteiger partial charge in [-0.25, -0.2) is 9.07 Å². The van der Waals surface area contributed by atoms with Crippen LogP contribution in [0.3, 0.4) is 0 Å². The van der Waals surface area contributed by atoms with Crippen LogP contribution in [0.2, 0.25) is 0 Å². The third kappa shape index (κ3) is 2.66. The lowest BCUT2D eigenvalue weighted by Crippen LogP contribution is -1.95. The van der Waals surface area contributed by atoms with Gasteiger partial charge in [0.25, 0.3) is 0 Å². The van der Waals surface area contributed by atoms with E-state index < -0.39 is 0 Å². The first-order valence-corrected chi connectivity index (χ1v) is 7.18. The van der Waals surface area contributed by atoms with Crippen molar-refractivity contribution >= 4 is 10.9 Å². The average Bonchev–Trinajstić information content (AvgIpc) is 3.00. The first-order chi connectivity index (χ1) is 11.3. The third-order valence-corrected chi connectivity index (χ3v) is 3.52. The highest BCUT2D eigenvalue weighted by Gasteiger charge is 2.07. The molecule has 4 heteroatoms. The number of halogens is 1. The molecule has 3 aromatic carbocycles. The molecule has 0 aliphatic carbocycles. The van der Waals surface area contributed by atoms with Crippen molar-refractivity contribution in [1.29, 1.82) is 0 Å². The maximum atomic E-state index is 13.1. The van der Waals surface area contributed by atoms with Gasteiger partial charge < -0.3 is 4.74 Å². The zero-order valence-electron chi connectivity index (χ0n) is 12.1. The molecular formula is C19H12FN2O. The van der Waals surface area contributed by atoms with Crippen molar-refractivity contribution in [3.63, 3.8) is 0 Å². The Kier molecular flexibility index (Phi) is 3.27. The fourth-order valence-electron chi connectivity index (χ4n) is 2.43. The van der Waals surface area contributed by atoms with Crippen LogP contribution in [0.25, 0.3) is 16.6 Å². The van der Waals surface area contributed by atoms with Gasteiger partial charge >= 0.3 is 0 Å². The monoisotopic (exact) mass is 303 g/mol. The van der Waals surface area contributed by atoms with Gasteiger partial charge in [-0.2, -0.15) is 5.10 Å². The molecule has 1 heterocycles. The Balaban J connectivity index is 1.70. The lowest BCUT2D eigenvalue weighted by Gasteiger charge is -2.06. The number of aromatic nitrogens is 2. The summed E-state index contributed by atoms with van der Waals surface area (Å²) >= 11 is 0. The Morgan fingerprint density at radius 2 is 1.87 bits per heavy atom. The molecule has 0 amide bonds. The van der Waals surface area contributed by atoms with Crippen LogP contribution in [-0.2, 0) is 0 Å². The summed E-state index contributed by atoms with van der Waals surface area (Å²) < 4.78 is 20.6. The molecule has 0 N–H and O–H groups in total. The number of hydrogen-bond donors (Lipinski definition) is 0. The van der Waals surface area contributed by atoms with Crippen LogP contribution in [0.4, 0.5) is 4.39 Å². The number of para-hydroxylation sites is 1. The first-order valence-electron chi connectivity index (χ1n) is 7.18. The van der Waals surface area contributed by atoms with Gasteiger partial charge in [-0.05, 0) is 48.5 Å². The zero-order valence-corrected chi connectivity index (χ0v) is 12.1. The lowest BCUT2D eigenvalue weighted by molar-refractivity contribution is 0.482. The zero-order chi connectivity index (χ0) is 15.6. The molecular weight excluding hydrogens is 291 g/mol. The first kappa shape index (κ1) is 13.5. The molecule has 4 aromatic rings. The maximum Gasteiger partial charge on any atom is 0.135 e. The molecule has 1 radical (unpaired) electrons. The van der Waals surface area contributed by atoms with E-state index in [9.17, 15) is 4.39 Å². The molecule has 0 saturated carbocycles. The van der Waals surface area contributed by atoms with Crippen LogP contribution < -0.4 is 4.74 Å². The molecule has 23 heavy (non-hydrogen) atoms. The number of hydrogen-bond acceptors (Lipinski definition) is 2. The van der Waals surface area contributed by atoms with Crippen LogP contribution in [0, 0.1) is 11.9 Å². The SMILES string of the molecule is Fc1ccc(-n2ncc3cc(Oc4[c]cccc4)ccc32)cc1. The number of ether oxygens (including phenoxy) is 1. The predicted octanol–water partition coefficient (Wildman–Crippen LogP) is 4.76. The molecule has 0 spiro atoms. The van der Waals surface area contributed by atoms with Crippen molar-refractivity contribution in [2.24, 2.45) is 0 Å². The Morgan fingerprint density at radius 3 is 2.65 bits per heavy atom. The van der Waals surface area contributed by atoms with Crippen molar-refractivity contribution in [3.8, 4) is 17.2 Å². The normalized spacial score (nSPS) is 10.8. The molecule has 3 nitrogen and oxygen atoms in total. The lowest BCUT2D eigenvalue weighted by atomic mass is 10.2. The van der Waals surface area contributed by atoms with Gasteiger partial charge in [-0.3, -0.25) is 0 Å². The van der Waals surface area contributed by atoms with Gasteiger partial charge in [-0.1, -0.05) is 18.2 Å². The molecule has 0 unspecified atom stereocenters. The highest BCUT2D eigenvalue weighted by atomic mass is 19.1. The van der Waals surface area contributed by atoms with Gasteiger partial charge in [0, 0.05) is 11.5 Å². The molecule has 4 rings (SSSR count). The van der Waals surface area contributed by atoms with Gasteiger partial charge in [0.15, 0.2) is 0 Å². The minimum absolute atomic E-state index is 0.264. The molecule has 111 valence electrons. The highest BCUT2D eigenvalue weighted by molar-refractivity contribution is 5.81. The van der Waals surface area contributed by atoms with Crippen LogP contribution in [-0.4, -0.2) is 9.78 Å². The maximum absolute atomic E-state index is 13.1. The summed E-state index contributed by atoms with van der Waals surface area (Å²) in [5, 5.41) is 5.32. The van der Waals surface area contributed by atoms with E-state index in [0.29, 0.717) is 5.75 Å². The van der Waals surface area contributed by atoms with Crippen molar-refractivity contribution in [3.05, 3.63) is 84.8 Å². The number of benzene rings is 3. The van der Waals surface area contributed by atoms with E-state index in [1.807, 2.05) is 36.4 Å². The number of rotatable bonds is 3. The van der Waals surface area contributed by atoms with Crippen molar-refractivity contribution in [2.45, 2.75) is 0 Å². The van der Waals surface area contributed by atoms with Gasteiger partial charge in [0.05, 0.1) is 17.4 Å². The highest BCUT2D eigenvalue weighted by Crippen LogP contribution is 2.26. The number of fused-ring (bicyclic) bond motifs is 1. The molecule has 0 saturated heterocycles. The molecule has 0 aliphatic heterocycles. The third-order valence-electron chi connectivity index (χ3n) is 3.52. The second-order valence-corrected chi connectivity index (χ2v) is 5.08. The van der Waals surface area contributed by atoms with E-state index in [-0.39, 0.29) is 5.82 Å². The van der Waals surface area contributed by atoms with Crippen molar-refractivity contribution < 1.29 is 9.13 Å². The van der Waals surface area contributed by atoms with Crippen LogP contribution in [0.1, 0.15) is 0 Å². The van der Waals surface area contributed by atoms with Crippen LogP contribution in [0.5, 0.6) is 11.5 Å². The van der Waals surface area contributed by atoms with Gasteiger partial charge in [0.1, 0.15) is 17.3 Å². The second kappa shape index (κ2) is 5.57. The largest absolute Gasteiger partial charge is 0.457 e. The Bertz CT molecular complexity index is 946. The van der Waals surface area contributed by atoms with Gasteiger partial charge in [-0.15, -0.1) is 0 Å². The summed E-state index contributed by atoms with van der Waals surface area (Å²) in [7, 11) is 0. The predicted molar refractivity (Wildman–Crippen MR) is 86.4 cm³/mol. The number of nitrogens with zero attached hydrogens (tertiary/aromatic N) is 2. The summed E-state index contributed by atoms with van der Waals surface area (Å²) in [6.07, 6.45) is 1.76. The minimum Gasteiger partial charge on any atom is -0.457 e. The molecule has 0 atom stereocenters. The average molecular weight is 303 g/mol.